The van der Waals surface area contributed by atoms with Crippen LogP contribution in [0.15, 0.2) is 30.3 Å². The second-order valence-corrected chi connectivity index (χ2v) is 3.65. The van der Waals surface area contributed by atoms with E-state index in [9.17, 15) is 9.59 Å². The highest BCUT2D eigenvalue weighted by Crippen LogP contribution is 2.00. The maximum absolute atomic E-state index is 11.3. The molecule has 18 heavy (non-hydrogen) atoms. The number of nitrogens with two attached hydrogens (primary N) is 1. The third-order valence-electron chi connectivity index (χ3n) is 2.06. The molecule has 0 unspecified atom stereocenters. The minimum absolute atomic E-state index is 0. The van der Waals surface area contributed by atoms with Crippen LogP contribution < -0.4 is 11.1 Å². The molecule has 1 atom stereocenters. The van der Waals surface area contributed by atoms with Gasteiger partial charge in [-0.1, -0.05) is 30.3 Å². The van der Waals surface area contributed by atoms with Crippen LogP contribution in [0.25, 0.3) is 0 Å². The largest absolute Gasteiger partial charge is 0.460 e. The average molecular weight is 273 g/mol. The van der Waals surface area contributed by atoms with Gasteiger partial charge in [0.25, 0.3) is 0 Å². The maximum atomic E-state index is 11.3. The highest BCUT2D eigenvalue weighted by molar-refractivity contribution is 5.85. The molecule has 3 N–H and O–H groups in total. The van der Waals surface area contributed by atoms with Crippen LogP contribution in [0.1, 0.15) is 12.5 Å². The van der Waals surface area contributed by atoms with Gasteiger partial charge in [-0.2, -0.15) is 0 Å². The summed E-state index contributed by atoms with van der Waals surface area (Å²) in [5, 5.41) is 2.38. The standard InChI is InChI=1S/C12H16N2O3.ClH/c1-9(13)12(16)14-7-11(15)17-8-10-5-3-2-4-6-10;/h2-6,9H,7-8,13H2,1H3,(H,14,16);1H/t9-;/m0./s1. The third-order valence-corrected chi connectivity index (χ3v) is 2.06. The van der Waals surface area contributed by atoms with Crippen LogP contribution in [0.4, 0.5) is 0 Å². The smallest absolute Gasteiger partial charge is 0.325 e. The molecule has 0 aromatic heterocycles. The van der Waals surface area contributed by atoms with Crippen molar-refractivity contribution in [1.82, 2.24) is 5.32 Å². The molecule has 1 rings (SSSR count). The third kappa shape index (κ3) is 6.22. The summed E-state index contributed by atoms with van der Waals surface area (Å²) in [5.41, 5.74) is 6.23. The lowest BCUT2D eigenvalue weighted by Crippen LogP contribution is -2.41. The molecule has 0 heterocycles. The zero-order chi connectivity index (χ0) is 12.7. The Bertz CT molecular complexity index is 382. The normalized spacial score (nSPS) is 11.0. The predicted molar refractivity (Wildman–Crippen MR) is 70.1 cm³/mol. The van der Waals surface area contributed by atoms with Gasteiger partial charge in [-0.3, -0.25) is 9.59 Å². The molecule has 1 amide bonds. The summed E-state index contributed by atoms with van der Waals surface area (Å²) in [6.45, 7) is 1.59. The van der Waals surface area contributed by atoms with Crippen molar-refractivity contribution in [2.75, 3.05) is 6.54 Å². The van der Waals surface area contributed by atoms with Gasteiger partial charge < -0.3 is 15.8 Å². The zero-order valence-corrected chi connectivity index (χ0v) is 10.9. The monoisotopic (exact) mass is 272 g/mol. The number of ether oxygens (including phenoxy) is 1. The van der Waals surface area contributed by atoms with E-state index < -0.39 is 12.0 Å². The SMILES string of the molecule is C[C@H](N)C(=O)NCC(=O)OCc1ccccc1.Cl. The van der Waals surface area contributed by atoms with Crippen molar-refractivity contribution in [3.8, 4) is 0 Å². The Hall–Kier alpha value is -1.59. The fraction of sp³-hybridized carbons (Fsp3) is 0.333. The summed E-state index contributed by atoms with van der Waals surface area (Å²) in [4.78, 5) is 22.3. The lowest BCUT2D eigenvalue weighted by molar-refractivity contribution is -0.145. The number of halogens is 1. The lowest BCUT2D eigenvalue weighted by atomic mass is 10.2. The van der Waals surface area contributed by atoms with Crippen molar-refractivity contribution in [3.63, 3.8) is 0 Å². The molecular formula is C12H17ClN2O3. The molecule has 1 aromatic carbocycles. The van der Waals surface area contributed by atoms with E-state index in [1.807, 2.05) is 30.3 Å². The van der Waals surface area contributed by atoms with Gasteiger partial charge in [0, 0.05) is 0 Å². The van der Waals surface area contributed by atoms with E-state index in [0.29, 0.717) is 0 Å². The molecule has 0 aliphatic carbocycles. The average Bonchev–Trinajstić information content (AvgIpc) is 2.34. The summed E-state index contributed by atoms with van der Waals surface area (Å²) < 4.78 is 4.96. The lowest BCUT2D eigenvalue weighted by Gasteiger charge is -2.08. The highest BCUT2D eigenvalue weighted by Gasteiger charge is 2.09. The van der Waals surface area contributed by atoms with E-state index >= 15 is 0 Å². The highest BCUT2D eigenvalue weighted by atomic mass is 35.5. The quantitative estimate of drug-likeness (QED) is 0.770. The molecule has 0 aliphatic rings. The van der Waals surface area contributed by atoms with Crippen LogP contribution in [0, 0.1) is 0 Å². The molecule has 0 saturated carbocycles. The maximum Gasteiger partial charge on any atom is 0.325 e. The summed E-state index contributed by atoms with van der Waals surface area (Å²) in [6.07, 6.45) is 0. The van der Waals surface area contributed by atoms with Gasteiger partial charge in [-0.05, 0) is 12.5 Å². The van der Waals surface area contributed by atoms with Gasteiger partial charge in [0.1, 0.15) is 13.2 Å². The van der Waals surface area contributed by atoms with Crippen molar-refractivity contribution in [2.24, 2.45) is 5.73 Å². The van der Waals surface area contributed by atoms with Crippen molar-refractivity contribution in [1.29, 1.82) is 0 Å². The van der Waals surface area contributed by atoms with Crippen molar-refractivity contribution >= 4 is 24.3 Å². The first-order chi connectivity index (χ1) is 8.09. The van der Waals surface area contributed by atoms with Gasteiger partial charge in [0.15, 0.2) is 0 Å². The Morgan fingerprint density at radius 3 is 2.50 bits per heavy atom. The number of benzene rings is 1. The number of carbonyl (C=O) groups excluding carboxylic acids is 2. The summed E-state index contributed by atoms with van der Waals surface area (Å²) >= 11 is 0. The van der Waals surface area contributed by atoms with Crippen molar-refractivity contribution in [3.05, 3.63) is 35.9 Å². The van der Waals surface area contributed by atoms with Gasteiger partial charge in [-0.25, -0.2) is 0 Å². The molecule has 100 valence electrons. The summed E-state index contributed by atoms with van der Waals surface area (Å²) in [7, 11) is 0. The zero-order valence-electron chi connectivity index (χ0n) is 10.1. The minimum atomic E-state index is -0.628. The number of rotatable bonds is 5. The molecule has 5 nitrogen and oxygen atoms in total. The van der Waals surface area contributed by atoms with E-state index in [2.05, 4.69) is 5.32 Å². The van der Waals surface area contributed by atoms with E-state index in [1.165, 1.54) is 0 Å². The van der Waals surface area contributed by atoms with Crippen LogP contribution >= 0.6 is 12.4 Å². The van der Waals surface area contributed by atoms with Crippen molar-refractivity contribution in [2.45, 2.75) is 19.6 Å². The fourth-order valence-electron chi connectivity index (χ4n) is 1.11. The van der Waals surface area contributed by atoms with Gasteiger partial charge in [0.05, 0.1) is 6.04 Å². The molecule has 6 heteroatoms. The molecular weight excluding hydrogens is 256 g/mol. The number of hydrogen-bond donors (Lipinski definition) is 2. The van der Waals surface area contributed by atoms with Gasteiger partial charge >= 0.3 is 5.97 Å². The summed E-state index contributed by atoms with van der Waals surface area (Å²) in [6, 6.07) is 8.69. The molecule has 0 radical (unpaired) electrons. The molecule has 0 saturated heterocycles. The number of amides is 1. The fourth-order valence-corrected chi connectivity index (χ4v) is 1.11. The Balaban J connectivity index is 0.00000289. The van der Waals surface area contributed by atoms with Gasteiger partial charge in [-0.15, -0.1) is 12.4 Å². The van der Waals surface area contributed by atoms with Crippen molar-refractivity contribution < 1.29 is 14.3 Å². The number of carbonyl (C=O) groups is 2. The van der Waals surface area contributed by atoms with E-state index in [4.69, 9.17) is 10.5 Å². The van der Waals surface area contributed by atoms with E-state index in [0.717, 1.165) is 5.56 Å². The number of hydrogen-bond acceptors (Lipinski definition) is 4. The first-order valence-electron chi connectivity index (χ1n) is 5.32. The van der Waals surface area contributed by atoms with Crippen LogP contribution in [-0.2, 0) is 20.9 Å². The number of nitrogens with one attached hydrogen (secondary N) is 1. The minimum Gasteiger partial charge on any atom is -0.460 e. The Kier molecular flexibility index (Phi) is 7.74. The summed E-state index contributed by atoms with van der Waals surface area (Å²) in [5.74, 6) is -0.857. The van der Waals surface area contributed by atoms with E-state index in [-0.39, 0.29) is 31.5 Å². The molecule has 1 aromatic rings. The second kappa shape index (κ2) is 8.49. The first kappa shape index (κ1) is 16.4. The van der Waals surface area contributed by atoms with Crippen LogP contribution in [0.3, 0.4) is 0 Å². The Labute approximate surface area is 112 Å². The first-order valence-corrected chi connectivity index (χ1v) is 5.32. The molecule has 0 aliphatic heterocycles. The second-order valence-electron chi connectivity index (χ2n) is 3.65. The Morgan fingerprint density at radius 2 is 1.94 bits per heavy atom. The van der Waals surface area contributed by atoms with Crippen LogP contribution in [0.2, 0.25) is 0 Å². The van der Waals surface area contributed by atoms with Gasteiger partial charge in [0.2, 0.25) is 5.91 Å². The van der Waals surface area contributed by atoms with E-state index in [1.54, 1.807) is 6.92 Å². The number of esters is 1. The Morgan fingerprint density at radius 1 is 1.33 bits per heavy atom. The topological polar surface area (TPSA) is 81.4 Å². The predicted octanol–water partition coefficient (Wildman–Crippen LogP) is 0.615. The molecule has 0 spiro atoms. The molecule has 0 bridgehead atoms. The van der Waals surface area contributed by atoms with Crippen LogP contribution in [0.5, 0.6) is 0 Å². The van der Waals surface area contributed by atoms with Crippen LogP contribution in [-0.4, -0.2) is 24.5 Å². The molecule has 0 fully saturated rings.